The van der Waals surface area contributed by atoms with Crippen LogP contribution in [0.5, 0.6) is 0 Å². The summed E-state index contributed by atoms with van der Waals surface area (Å²) in [5, 5.41) is 16.7. The molecule has 3 rings (SSSR count). The number of nitro groups is 1. The van der Waals surface area contributed by atoms with Crippen LogP contribution in [-0.4, -0.2) is 26.3 Å². The van der Waals surface area contributed by atoms with Gasteiger partial charge in [-0.25, -0.2) is 4.98 Å². The summed E-state index contributed by atoms with van der Waals surface area (Å²) in [5.74, 6) is -0.664. The van der Waals surface area contributed by atoms with Gasteiger partial charge in [0.2, 0.25) is 11.7 Å². The molecule has 2 N–H and O–H groups in total. The zero-order valence-corrected chi connectivity index (χ0v) is 13.7. The Morgan fingerprint density at radius 3 is 2.58 bits per heavy atom. The number of fused-ring (bicyclic) bond motifs is 1. The van der Waals surface area contributed by atoms with Gasteiger partial charge >= 0.3 is 11.2 Å². The summed E-state index contributed by atoms with van der Waals surface area (Å²) in [6.45, 7) is 1.52. The first-order valence-electron chi connectivity index (χ1n) is 7.75. The molecule has 9 nitrogen and oxygen atoms in total. The fourth-order valence-electron chi connectivity index (χ4n) is 2.39. The molecule has 0 bridgehead atoms. The molecule has 0 aliphatic heterocycles. The molecule has 0 aliphatic carbocycles. The first kappa shape index (κ1) is 17.1. The van der Waals surface area contributed by atoms with Crippen molar-refractivity contribution in [2.24, 2.45) is 0 Å². The Morgan fingerprint density at radius 1 is 1.19 bits per heavy atom. The molecular formula is C17H15N5O4. The summed E-state index contributed by atoms with van der Waals surface area (Å²) in [6, 6.07) is 12.7. The highest BCUT2D eigenvalue weighted by Gasteiger charge is 2.26. The first-order chi connectivity index (χ1) is 12.5. The van der Waals surface area contributed by atoms with Crippen LogP contribution in [0.25, 0.3) is 5.65 Å². The standard InChI is InChI=1S/C17H15N5O4/c1-11(16(23)19-12-7-3-2-4-8-12)18-15-14(22(25)26)17(24)21-10-6-5-9-13(21)20-15/h2-11,18H,1H3,(H,19,23). The Morgan fingerprint density at radius 2 is 1.88 bits per heavy atom. The third-order valence-electron chi connectivity index (χ3n) is 3.68. The summed E-state index contributed by atoms with van der Waals surface area (Å²) >= 11 is 0. The highest BCUT2D eigenvalue weighted by Crippen LogP contribution is 2.19. The van der Waals surface area contributed by atoms with Crippen molar-refractivity contribution in [2.75, 3.05) is 10.6 Å². The molecule has 1 amide bonds. The van der Waals surface area contributed by atoms with Crippen LogP contribution >= 0.6 is 0 Å². The van der Waals surface area contributed by atoms with Crippen LogP contribution in [0, 0.1) is 10.1 Å². The highest BCUT2D eigenvalue weighted by molar-refractivity contribution is 5.96. The summed E-state index contributed by atoms with van der Waals surface area (Å²) < 4.78 is 1.08. The molecule has 0 fully saturated rings. The minimum Gasteiger partial charge on any atom is -0.353 e. The van der Waals surface area contributed by atoms with Gasteiger partial charge in [-0.2, -0.15) is 0 Å². The van der Waals surface area contributed by atoms with E-state index in [1.54, 1.807) is 42.5 Å². The number of para-hydroxylation sites is 1. The van der Waals surface area contributed by atoms with Gasteiger partial charge in [0.15, 0.2) is 0 Å². The topological polar surface area (TPSA) is 119 Å². The highest BCUT2D eigenvalue weighted by atomic mass is 16.6. The van der Waals surface area contributed by atoms with Gasteiger partial charge in [-0.05, 0) is 31.2 Å². The second-order valence-corrected chi connectivity index (χ2v) is 5.52. The second kappa shape index (κ2) is 7.01. The molecular weight excluding hydrogens is 338 g/mol. The van der Waals surface area contributed by atoms with E-state index in [1.165, 1.54) is 13.1 Å². The van der Waals surface area contributed by atoms with Crippen molar-refractivity contribution in [3.8, 4) is 0 Å². The van der Waals surface area contributed by atoms with Crippen LogP contribution in [0.15, 0.2) is 59.5 Å². The summed E-state index contributed by atoms with van der Waals surface area (Å²) in [4.78, 5) is 39.3. The Labute approximate surface area is 147 Å². The molecule has 1 atom stereocenters. The first-order valence-corrected chi connectivity index (χ1v) is 7.75. The monoisotopic (exact) mass is 353 g/mol. The number of carbonyl (C=O) groups excluding carboxylic acids is 1. The van der Waals surface area contributed by atoms with Crippen molar-refractivity contribution in [2.45, 2.75) is 13.0 Å². The number of rotatable bonds is 5. The van der Waals surface area contributed by atoms with Crippen LogP contribution in [-0.2, 0) is 4.79 Å². The van der Waals surface area contributed by atoms with E-state index in [1.807, 2.05) is 6.07 Å². The molecule has 0 saturated heterocycles. The lowest BCUT2D eigenvalue weighted by atomic mass is 10.2. The van der Waals surface area contributed by atoms with Crippen molar-refractivity contribution in [1.82, 2.24) is 9.38 Å². The molecule has 132 valence electrons. The molecule has 2 heterocycles. The number of nitrogens with zero attached hydrogens (tertiary/aromatic N) is 3. The van der Waals surface area contributed by atoms with Crippen LogP contribution in [0.4, 0.5) is 17.2 Å². The largest absolute Gasteiger partial charge is 0.376 e. The summed E-state index contributed by atoms with van der Waals surface area (Å²) in [6.07, 6.45) is 1.40. The molecule has 0 aliphatic rings. The normalized spacial score (nSPS) is 11.7. The third kappa shape index (κ3) is 3.36. The van der Waals surface area contributed by atoms with Crippen LogP contribution in [0.2, 0.25) is 0 Å². The van der Waals surface area contributed by atoms with Gasteiger partial charge in [-0.15, -0.1) is 0 Å². The number of benzene rings is 1. The number of nitrogens with one attached hydrogen (secondary N) is 2. The number of hydrogen-bond acceptors (Lipinski definition) is 6. The van der Waals surface area contributed by atoms with E-state index < -0.39 is 28.1 Å². The van der Waals surface area contributed by atoms with Crippen molar-refractivity contribution in [1.29, 1.82) is 0 Å². The molecule has 0 radical (unpaired) electrons. The minimum atomic E-state index is -0.855. The van der Waals surface area contributed by atoms with Gasteiger partial charge in [0, 0.05) is 11.9 Å². The van der Waals surface area contributed by atoms with Gasteiger partial charge in [-0.3, -0.25) is 24.1 Å². The molecule has 1 aromatic carbocycles. The molecule has 1 unspecified atom stereocenters. The van der Waals surface area contributed by atoms with Gasteiger partial charge in [-0.1, -0.05) is 24.3 Å². The van der Waals surface area contributed by atoms with E-state index >= 15 is 0 Å². The smallest absolute Gasteiger partial charge is 0.353 e. The van der Waals surface area contributed by atoms with Gasteiger partial charge < -0.3 is 10.6 Å². The molecule has 0 saturated carbocycles. The SMILES string of the molecule is CC(Nc1nc2ccccn2c(=O)c1[N+](=O)[O-])C(=O)Nc1ccccc1. The maximum atomic E-state index is 12.4. The van der Waals surface area contributed by atoms with E-state index in [0.717, 1.165) is 4.40 Å². The lowest BCUT2D eigenvalue weighted by molar-refractivity contribution is -0.385. The Kier molecular flexibility index (Phi) is 4.61. The molecule has 0 spiro atoms. The van der Waals surface area contributed by atoms with Crippen molar-refractivity contribution in [3.63, 3.8) is 0 Å². The maximum absolute atomic E-state index is 12.4. The molecule has 26 heavy (non-hydrogen) atoms. The van der Waals surface area contributed by atoms with Crippen LogP contribution in [0.1, 0.15) is 6.92 Å². The average Bonchev–Trinajstić information content (AvgIpc) is 2.62. The van der Waals surface area contributed by atoms with E-state index in [4.69, 9.17) is 0 Å². The second-order valence-electron chi connectivity index (χ2n) is 5.52. The fourth-order valence-corrected chi connectivity index (χ4v) is 2.39. The molecule has 9 heteroatoms. The predicted molar refractivity (Wildman–Crippen MR) is 96.3 cm³/mol. The number of anilines is 2. The average molecular weight is 353 g/mol. The number of aromatic nitrogens is 2. The predicted octanol–water partition coefficient (Wildman–Crippen LogP) is 2.04. The molecule has 3 aromatic rings. The lowest BCUT2D eigenvalue weighted by Crippen LogP contribution is -2.33. The van der Waals surface area contributed by atoms with E-state index in [-0.39, 0.29) is 11.5 Å². The zero-order valence-electron chi connectivity index (χ0n) is 13.7. The summed E-state index contributed by atoms with van der Waals surface area (Å²) in [7, 11) is 0. The third-order valence-corrected chi connectivity index (χ3v) is 3.68. The number of pyridine rings is 1. The quantitative estimate of drug-likeness (QED) is 0.535. The van der Waals surface area contributed by atoms with Crippen molar-refractivity contribution < 1.29 is 9.72 Å². The zero-order chi connectivity index (χ0) is 18.7. The Balaban J connectivity index is 1.92. The maximum Gasteiger partial charge on any atom is 0.376 e. The van der Waals surface area contributed by atoms with E-state index in [2.05, 4.69) is 15.6 Å². The lowest BCUT2D eigenvalue weighted by Gasteiger charge is -2.15. The van der Waals surface area contributed by atoms with Gasteiger partial charge in [0.1, 0.15) is 11.7 Å². The van der Waals surface area contributed by atoms with Gasteiger partial charge in [0.05, 0.1) is 4.92 Å². The number of hydrogen-bond donors (Lipinski definition) is 2. The van der Waals surface area contributed by atoms with E-state index in [0.29, 0.717) is 5.69 Å². The van der Waals surface area contributed by atoms with Crippen molar-refractivity contribution >= 4 is 28.7 Å². The number of carbonyl (C=O) groups is 1. The van der Waals surface area contributed by atoms with Crippen LogP contribution < -0.4 is 16.2 Å². The molecule has 2 aromatic heterocycles. The minimum absolute atomic E-state index is 0.237. The Bertz CT molecular complexity index is 1030. The van der Waals surface area contributed by atoms with Gasteiger partial charge in [0.25, 0.3) is 0 Å². The number of amides is 1. The van der Waals surface area contributed by atoms with Crippen molar-refractivity contribution in [3.05, 3.63) is 75.2 Å². The van der Waals surface area contributed by atoms with Crippen LogP contribution in [0.3, 0.4) is 0 Å². The van der Waals surface area contributed by atoms with E-state index in [9.17, 15) is 19.7 Å². The Hall–Kier alpha value is -3.75. The summed E-state index contributed by atoms with van der Waals surface area (Å²) in [5.41, 5.74) is -0.708. The fraction of sp³-hybridized carbons (Fsp3) is 0.118.